The molecule has 0 atom stereocenters. The molecule has 0 radical (unpaired) electrons. The normalized spacial score (nSPS) is 11.2. The highest BCUT2D eigenvalue weighted by Crippen LogP contribution is 2.10. The predicted octanol–water partition coefficient (Wildman–Crippen LogP) is 1.58. The van der Waals surface area contributed by atoms with Gasteiger partial charge in [0.15, 0.2) is 5.82 Å². The van der Waals surface area contributed by atoms with Gasteiger partial charge < -0.3 is 9.26 Å². The van der Waals surface area contributed by atoms with Gasteiger partial charge in [-0.2, -0.15) is 4.98 Å². The number of hydrogen-bond donors (Lipinski definition) is 0. The minimum atomic E-state index is -0.233. The third kappa shape index (κ3) is 4.44. The molecule has 1 heterocycles. The summed E-state index contributed by atoms with van der Waals surface area (Å²) < 4.78 is 10.1. The number of esters is 1. The van der Waals surface area contributed by atoms with E-state index in [-0.39, 0.29) is 18.4 Å². The van der Waals surface area contributed by atoms with Crippen LogP contribution in [0.15, 0.2) is 4.52 Å². The first kappa shape index (κ1) is 14.6. The summed E-state index contributed by atoms with van der Waals surface area (Å²) in [6.45, 7) is 9.60. The van der Waals surface area contributed by atoms with Gasteiger partial charge in [0.25, 0.3) is 0 Å². The zero-order chi connectivity index (χ0) is 13.5. The van der Waals surface area contributed by atoms with Crippen molar-refractivity contribution < 1.29 is 14.1 Å². The van der Waals surface area contributed by atoms with E-state index in [4.69, 9.17) is 9.26 Å². The van der Waals surface area contributed by atoms with E-state index in [2.05, 4.69) is 10.1 Å². The van der Waals surface area contributed by atoms with Crippen LogP contribution in [0.1, 0.15) is 45.3 Å². The lowest BCUT2D eigenvalue weighted by molar-refractivity contribution is -0.144. The number of aromatic nitrogens is 2. The fraction of sp³-hybridized carbons (Fsp3) is 0.750. The van der Waals surface area contributed by atoms with Crippen LogP contribution in [0.4, 0.5) is 0 Å². The van der Waals surface area contributed by atoms with E-state index >= 15 is 0 Å². The molecule has 0 fully saturated rings. The van der Waals surface area contributed by atoms with Gasteiger partial charge in [0, 0.05) is 5.92 Å². The second-order valence-corrected chi connectivity index (χ2v) is 4.31. The Kier molecular flexibility index (Phi) is 5.77. The molecule has 0 spiro atoms. The van der Waals surface area contributed by atoms with Crippen LogP contribution in [0.5, 0.6) is 0 Å². The average Bonchev–Trinajstić information content (AvgIpc) is 2.77. The lowest BCUT2D eigenvalue weighted by atomic mass is 10.2. The largest absolute Gasteiger partial charge is 0.465 e. The molecule has 0 saturated carbocycles. The number of nitrogens with zero attached hydrogens (tertiary/aromatic N) is 3. The Morgan fingerprint density at radius 1 is 1.44 bits per heavy atom. The van der Waals surface area contributed by atoms with Gasteiger partial charge >= 0.3 is 5.97 Å². The van der Waals surface area contributed by atoms with Crippen LogP contribution in [0.25, 0.3) is 0 Å². The molecule has 0 saturated heterocycles. The van der Waals surface area contributed by atoms with Crippen LogP contribution in [-0.4, -0.2) is 40.7 Å². The number of hydrogen-bond acceptors (Lipinski definition) is 6. The molecule has 102 valence electrons. The summed E-state index contributed by atoms with van der Waals surface area (Å²) in [6, 6.07) is 0. The minimum absolute atomic E-state index is 0.233. The van der Waals surface area contributed by atoms with Gasteiger partial charge in [-0.25, -0.2) is 0 Å². The lowest BCUT2D eigenvalue weighted by Crippen LogP contribution is -2.30. The molecule has 1 rings (SSSR count). The number of rotatable bonds is 7. The van der Waals surface area contributed by atoms with Gasteiger partial charge in [-0.05, 0) is 13.5 Å². The molecule has 0 amide bonds. The van der Waals surface area contributed by atoms with E-state index in [0.29, 0.717) is 24.9 Å². The van der Waals surface area contributed by atoms with Crippen molar-refractivity contribution in [3.05, 3.63) is 11.7 Å². The predicted molar refractivity (Wildman–Crippen MR) is 66.0 cm³/mol. The third-order valence-corrected chi connectivity index (χ3v) is 2.46. The summed E-state index contributed by atoms with van der Waals surface area (Å²) in [6.07, 6.45) is 0. The van der Waals surface area contributed by atoms with Crippen molar-refractivity contribution in [1.82, 2.24) is 15.0 Å². The van der Waals surface area contributed by atoms with Crippen molar-refractivity contribution in [1.29, 1.82) is 0 Å². The lowest BCUT2D eigenvalue weighted by Gasteiger charge is -2.16. The van der Waals surface area contributed by atoms with E-state index < -0.39 is 0 Å². The third-order valence-electron chi connectivity index (χ3n) is 2.46. The van der Waals surface area contributed by atoms with Crippen LogP contribution >= 0.6 is 0 Å². The highest BCUT2D eigenvalue weighted by molar-refractivity contribution is 5.71. The Bertz CT molecular complexity index is 376. The Hall–Kier alpha value is -1.43. The highest BCUT2D eigenvalue weighted by Gasteiger charge is 2.15. The van der Waals surface area contributed by atoms with Crippen molar-refractivity contribution in [3.8, 4) is 0 Å². The molecular formula is C12H21N3O3. The Morgan fingerprint density at radius 3 is 2.67 bits per heavy atom. The second-order valence-electron chi connectivity index (χ2n) is 4.31. The molecule has 1 aromatic heterocycles. The van der Waals surface area contributed by atoms with Crippen LogP contribution in [0, 0.1) is 0 Å². The molecule has 6 nitrogen and oxygen atoms in total. The standard InChI is InChI=1S/C12H21N3O3/c1-5-15(8-11(16)17-6-2)7-10-13-12(9(3)4)14-18-10/h9H,5-8H2,1-4H3. The maximum Gasteiger partial charge on any atom is 0.320 e. The smallest absolute Gasteiger partial charge is 0.320 e. The summed E-state index contributed by atoms with van der Waals surface area (Å²) in [5, 5.41) is 3.89. The fourth-order valence-electron chi connectivity index (χ4n) is 1.43. The SMILES string of the molecule is CCOC(=O)CN(CC)Cc1nc(C(C)C)no1. The first-order valence-corrected chi connectivity index (χ1v) is 6.27. The number of carbonyl (C=O) groups excluding carboxylic acids is 1. The molecule has 1 aromatic rings. The van der Waals surface area contributed by atoms with Gasteiger partial charge in [-0.3, -0.25) is 9.69 Å². The summed E-state index contributed by atoms with van der Waals surface area (Å²) in [5.41, 5.74) is 0. The van der Waals surface area contributed by atoms with E-state index in [0.717, 1.165) is 6.54 Å². The molecule has 18 heavy (non-hydrogen) atoms. The Balaban J connectivity index is 2.53. The van der Waals surface area contributed by atoms with E-state index in [1.165, 1.54) is 0 Å². The number of carbonyl (C=O) groups is 1. The minimum Gasteiger partial charge on any atom is -0.465 e. The van der Waals surface area contributed by atoms with E-state index in [1.807, 2.05) is 25.7 Å². The molecule has 0 N–H and O–H groups in total. The van der Waals surface area contributed by atoms with E-state index in [1.54, 1.807) is 6.92 Å². The molecule has 0 aliphatic carbocycles. The quantitative estimate of drug-likeness (QED) is 0.689. The number of ether oxygens (including phenoxy) is 1. The molecule has 0 aliphatic rings. The summed E-state index contributed by atoms with van der Waals surface area (Å²) in [7, 11) is 0. The molecule has 0 aliphatic heterocycles. The zero-order valence-electron chi connectivity index (χ0n) is 11.5. The van der Waals surface area contributed by atoms with Crippen molar-refractivity contribution in [2.75, 3.05) is 19.7 Å². The van der Waals surface area contributed by atoms with Crippen molar-refractivity contribution in [2.45, 2.75) is 40.2 Å². The second kappa shape index (κ2) is 7.10. The van der Waals surface area contributed by atoms with Gasteiger partial charge in [-0.1, -0.05) is 25.9 Å². The molecular weight excluding hydrogens is 234 g/mol. The van der Waals surface area contributed by atoms with Crippen LogP contribution in [-0.2, 0) is 16.1 Å². The fourth-order valence-corrected chi connectivity index (χ4v) is 1.43. The molecule has 0 bridgehead atoms. The monoisotopic (exact) mass is 255 g/mol. The molecule has 6 heteroatoms. The summed E-state index contributed by atoms with van der Waals surface area (Å²) in [5.74, 6) is 1.23. The Morgan fingerprint density at radius 2 is 2.17 bits per heavy atom. The van der Waals surface area contributed by atoms with Gasteiger partial charge in [0.05, 0.1) is 19.7 Å². The van der Waals surface area contributed by atoms with E-state index in [9.17, 15) is 4.79 Å². The first-order valence-electron chi connectivity index (χ1n) is 6.27. The van der Waals surface area contributed by atoms with Gasteiger partial charge in [0.1, 0.15) is 0 Å². The maximum absolute atomic E-state index is 11.4. The van der Waals surface area contributed by atoms with Crippen molar-refractivity contribution in [2.24, 2.45) is 0 Å². The first-order chi connectivity index (χ1) is 8.56. The molecule has 0 unspecified atom stereocenters. The highest BCUT2D eigenvalue weighted by atomic mass is 16.5. The van der Waals surface area contributed by atoms with Gasteiger partial charge in [0.2, 0.25) is 5.89 Å². The zero-order valence-corrected chi connectivity index (χ0v) is 11.5. The summed E-state index contributed by atoms with van der Waals surface area (Å²) in [4.78, 5) is 17.6. The topological polar surface area (TPSA) is 68.5 Å². The summed E-state index contributed by atoms with van der Waals surface area (Å²) >= 11 is 0. The number of likely N-dealkylation sites (N-methyl/N-ethyl adjacent to an activating group) is 1. The van der Waals surface area contributed by atoms with Crippen molar-refractivity contribution in [3.63, 3.8) is 0 Å². The van der Waals surface area contributed by atoms with Crippen LogP contribution in [0.3, 0.4) is 0 Å². The van der Waals surface area contributed by atoms with Gasteiger partial charge in [-0.15, -0.1) is 0 Å². The molecule has 0 aromatic carbocycles. The maximum atomic E-state index is 11.4. The van der Waals surface area contributed by atoms with Crippen molar-refractivity contribution >= 4 is 5.97 Å². The van der Waals surface area contributed by atoms with Crippen LogP contribution in [0.2, 0.25) is 0 Å². The van der Waals surface area contributed by atoms with Crippen LogP contribution < -0.4 is 0 Å². The Labute approximate surface area is 107 Å². The average molecular weight is 255 g/mol.